The van der Waals surface area contributed by atoms with Crippen LogP contribution in [0, 0.1) is 12.8 Å². The molecular weight excluding hydrogens is 430 g/mol. The quantitative estimate of drug-likeness (QED) is 0.606. The summed E-state index contributed by atoms with van der Waals surface area (Å²) in [5.74, 6) is 2.08. The van der Waals surface area contributed by atoms with Crippen LogP contribution in [0.4, 0.5) is 5.82 Å². The van der Waals surface area contributed by atoms with E-state index in [1.54, 1.807) is 7.11 Å². The molecule has 0 aromatic carbocycles. The predicted octanol–water partition coefficient (Wildman–Crippen LogP) is 3.37. The Kier molecular flexibility index (Phi) is 5.20. The van der Waals surface area contributed by atoms with Crippen LogP contribution in [-0.2, 0) is 19.9 Å². The van der Waals surface area contributed by atoms with Gasteiger partial charge in [0.15, 0.2) is 0 Å². The van der Waals surface area contributed by atoms with E-state index in [2.05, 4.69) is 52.1 Å². The van der Waals surface area contributed by atoms with E-state index in [4.69, 9.17) is 14.5 Å². The van der Waals surface area contributed by atoms with Crippen LogP contribution >= 0.6 is 0 Å². The number of methoxy groups -OCH3 is 1. The molecule has 0 bridgehead atoms. The number of nitrogens with one attached hydrogen (secondary N) is 1. The highest BCUT2D eigenvalue weighted by Gasteiger charge is 2.39. The molecule has 1 atom stereocenters. The van der Waals surface area contributed by atoms with E-state index in [9.17, 15) is 4.79 Å². The average molecular weight is 462 g/mol. The van der Waals surface area contributed by atoms with E-state index in [0.717, 1.165) is 60.3 Å². The third-order valence-electron chi connectivity index (χ3n) is 7.47. The van der Waals surface area contributed by atoms with Gasteiger partial charge in [0, 0.05) is 68.9 Å². The lowest BCUT2D eigenvalue weighted by Gasteiger charge is -2.36. The number of likely N-dealkylation sites (N-methyl/N-ethyl adjacent to an activating group) is 1. The lowest BCUT2D eigenvalue weighted by molar-refractivity contribution is -0.117. The first-order valence-electron chi connectivity index (χ1n) is 12.1. The number of fused-ring (bicyclic) bond motifs is 1. The normalized spacial score (nSPS) is 23.4. The van der Waals surface area contributed by atoms with Crippen molar-refractivity contribution in [3.8, 4) is 5.82 Å². The zero-order valence-corrected chi connectivity index (χ0v) is 20.0. The molecule has 0 spiro atoms. The SMILES string of the molecule is COC1(c2cc(C)cc(-n3cc(C4CN(C)C4)c4cnc(NC(=O)C5CC5)cc43)n2)CCOC1. The van der Waals surface area contributed by atoms with Crippen LogP contribution in [0.5, 0.6) is 0 Å². The first-order chi connectivity index (χ1) is 16.5. The van der Waals surface area contributed by atoms with Crippen molar-refractivity contribution in [1.29, 1.82) is 0 Å². The van der Waals surface area contributed by atoms with Crippen LogP contribution in [0.3, 0.4) is 0 Å². The number of hydrogen-bond acceptors (Lipinski definition) is 6. The fourth-order valence-electron chi connectivity index (χ4n) is 5.22. The van der Waals surface area contributed by atoms with E-state index in [1.807, 2.05) is 12.3 Å². The number of rotatable bonds is 6. The molecule has 3 aromatic heterocycles. The lowest BCUT2D eigenvalue weighted by atomic mass is 9.92. The molecule has 3 aliphatic rings. The molecule has 0 radical (unpaired) electrons. The molecule has 5 heterocycles. The van der Waals surface area contributed by atoms with Gasteiger partial charge in [-0.2, -0.15) is 0 Å². The minimum atomic E-state index is -0.520. The zero-order valence-electron chi connectivity index (χ0n) is 20.0. The molecule has 34 heavy (non-hydrogen) atoms. The van der Waals surface area contributed by atoms with Gasteiger partial charge >= 0.3 is 0 Å². The third kappa shape index (κ3) is 3.70. The number of anilines is 1. The monoisotopic (exact) mass is 461 g/mol. The Morgan fingerprint density at radius 2 is 2.09 bits per heavy atom. The van der Waals surface area contributed by atoms with Crippen LogP contribution in [0.25, 0.3) is 16.7 Å². The number of pyridine rings is 2. The van der Waals surface area contributed by atoms with Gasteiger partial charge in [-0.1, -0.05) is 0 Å². The fraction of sp³-hybridized carbons (Fsp3) is 0.500. The van der Waals surface area contributed by atoms with Crippen molar-refractivity contribution < 1.29 is 14.3 Å². The molecule has 1 N–H and O–H groups in total. The van der Waals surface area contributed by atoms with Crippen molar-refractivity contribution in [3.05, 3.63) is 47.4 Å². The number of carbonyl (C=O) groups excluding carboxylic acids is 1. The summed E-state index contributed by atoms with van der Waals surface area (Å²) in [6, 6.07) is 6.18. The number of amides is 1. The number of aromatic nitrogens is 3. The fourth-order valence-corrected chi connectivity index (χ4v) is 5.22. The maximum absolute atomic E-state index is 12.4. The van der Waals surface area contributed by atoms with Crippen LogP contribution in [0.15, 0.2) is 30.6 Å². The zero-order chi connectivity index (χ0) is 23.4. The number of likely N-dealkylation sites (tertiary alicyclic amines) is 1. The first kappa shape index (κ1) is 21.7. The molecule has 8 nitrogen and oxygen atoms in total. The predicted molar refractivity (Wildman–Crippen MR) is 129 cm³/mol. The molecule has 3 aromatic rings. The highest BCUT2D eigenvalue weighted by molar-refractivity contribution is 5.95. The van der Waals surface area contributed by atoms with Crippen LogP contribution in [0.2, 0.25) is 0 Å². The molecule has 6 rings (SSSR count). The van der Waals surface area contributed by atoms with Crippen LogP contribution in [0.1, 0.15) is 42.0 Å². The first-order valence-corrected chi connectivity index (χ1v) is 12.1. The Morgan fingerprint density at radius 1 is 1.26 bits per heavy atom. The van der Waals surface area contributed by atoms with Gasteiger partial charge in [0.25, 0.3) is 0 Å². The molecular formula is C26H31N5O3. The topological polar surface area (TPSA) is 81.5 Å². The molecule has 8 heteroatoms. The second-order valence-corrected chi connectivity index (χ2v) is 10.1. The van der Waals surface area contributed by atoms with Gasteiger partial charge < -0.3 is 24.3 Å². The maximum atomic E-state index is 12.4. The van der Waals surface area contributed by atoms with Gasteiger partial charge in [-0.05, 0) is 50.1 Å². The average Bonchev–Trinajstić information content (AvgIpc) is 3.43. The van der Waals surface area contributed by atoms with Crippen molar-refractivity contribution in [2.75, 3.05) is 45.8 Å². The molecule has 2 aliphatic heterocycles. The van der Waals surface area contributed by atoms with E-state index >= 15 is 0 Å². The van der Waals surface area contributed by atoms with Gasteiger partial charge in [0.1, 0.15) is 17.2 Å². The summed E-state index contributed by atoms with van der Waals surface area (Å²) in [7, 11) is 3.87. The second-order valence-electron chi connectivity index (χ2n) is 10.1. The number of hydrogen-bond donors (Lipinski definition) is 1. The van der Waals surface area contributed by atoms with Gasteiger partial charge in [0.05, 0.1) is 17.8 Å². The van der Waals surface area contributed by atoms with Gasteiger partial charge in [-0.3, -0.25) is 4.79 Å². The molecule has 2 saturated heterocycles. The largest absolute Gasteiger partial charge is 0.378 e. The smallest absolute Gasteiger partial charge is 0.228 e. The summed E-state index contributed by atoms with van der Waals surface area (Å²) >= 11 is 0. The number of ether oxygens (including phenoxy) is 2. The van der Waals surface area contributed by atoms with E-state index in [0.29, 0.717) is 24.9 Å². The summed E-state index contributed by atoms with van der Waals surface area (Å²) in [5.41, 5.74) is 3.77. The van der Waals surface area contributed by atoms with Gasteiger partial charge in [-0.15, -0.1) is 0 Å². The molecule has 1 saturated carbocycles. The summed E-state index contributed by atoms with van der Waals surface area (Å²) < 4.78 is 13.8. The second kappa shape index (κ2) is 8.15. The highest BCUT2D eigenvalue weighted by atomic mass is 16.5. The van der Waals surface area contributed by atoms with E-state index < -0.39 is 5.60 Å². The minimum absolute atomic E-state index is 0.0602. The Labute approximate surface area is 199 Å². The summed E-state index contributed by atoms with van der Waals surface area (Å²) in [6.45, 7) is 5.31. The van der Waals surface area contributed by atoms with Crippen LogP contribution < -0.4 is 5.32 Å². The van der Waals surface area contributed by atoms with Crippen molar-refractivity contribution >= 4 is 22.6 Å². The summed E-state index contributed by atoms with van der Waals surface area (Å²) in [4.78, 5) is 24.4. The Hall–Kier alpha value is -2.81. The van der Waals surface area contributed by atoms with Gasteiger partial charge in [0.2, 0.25) is 5.91 Å². The number of carbonyl (C=O) groups is 1. The molecule has 1 aliphatic carbocycles. The Bertz CT molecular complexity index is 1250. The molecule has 3 fully saturated rings. The number of aryl methyl sites for hydroxylation is 1. The van der Waals surface area contributed by atoms with E-state index in [-0.39, 0.29) is 11.8 Å². The summed E-state index contributed by atoms with van der Waals surface area (Å²) in [6.07, 6.45) is 6.81. The standard InChI is InChI=1S/C26H31N5O3/c1-16-8-22(26(33-3)6-7-34-15-26)28-24(9-16)31-14-20(18-12-30(2)13-18)19-11-27-23(10-21(19)31)29-25(32)17-4-5-17/h8-11,14,17-18H,4-7,12-13,15H2,1-3H3,(H,27,29,32). The minimum Gasteiger partial charge on any atom is -0.378 e. The lowest BCUT2D eigenvalue weighted by Crippen LogP contribution is -2.41. The Balaban J connectivity index is 1.46. The molecule has 1 amide bonds. The molecule has 178 valence electrons. The van der Waals surface area contributed by atoms with Gasteiger partial charge in [-0.25, -0.2) is 9.97 Å². The highest BCUT2D eigenvalue weighted by Crippen LogP contribution is 2.37. The van der Waals surface area contributed by atoms with Crippen molar-refractivity contribution in [2.45, 2.75) is 37.7 Å². The third-order valence-corrected chi connectivity index (χ3v) is 7.47. The number of nitrogens with zero attached hydrogens (tertiary/aromatic N) is 4. The maximum Gasteiger partial charge on any atom is 0.228 e. The van der Waals surface area contributed by atoms with Crippen molar-refractivity contribution in [2.24, 2.45) is 5.92 Å². The molecule has 1 unspecified atom stereocenters. The van der Waals surface area contributed by atoms with Crippen molar-refractivity contribution in [3.63, 3.8) is 0 Å². The van der Waals surface area contributed by atoms with Crippen molar-refractivity contribution in [1.82, 2.24) is 19.4 Å². The Morgan fingerprint density at radius 3 is 2.76 bits per heavy atom. The van der Waals surface area contributed by atoms with Crippen LogP contribution in [-0.4, -0.2) is 65.8 Å². The van der Waals surface area contributed by atoms with E-state index in [1.165, 1.54) is 5.56 Å². The summed E-state index contributed by atoms with van der Waals surface area (Å²) in [5, 5.41) is 4.11.